The molecule has 34 heavy (non-hydrogen) atoms. The van der Waals surface area contributed by atoms with Gasteiger partial charge in [0.2, 0.25) is 5.91 Å². The van der Waals surface area contributed by atoms with Gasteiger partial charge in [0.05, 0.1) is 12.6 Å². The molecule has 0 aromatic heterocycles. The van der Waals surface area contributed by atoms with Gasteiger partial charge in [-0.1, -0.05) is 63.2 Å². The van der Waals surface area contributed by atoms with E-state index in [2.05, 4.69) is 36.7 Å². The molecule has 176 valence electrons. The summed E-state index contributed by atoms with van der Waals surface area (Å²) in [7, 11) is 0. The zero-order chi connectivity index (χ0) is 24.7. The quantitative estimate of drug-likeness (QED) is 0.474. The Morgan fingerprint density at radius 3 is 2.09 bits per heavy atom. The van der Waals surface area contributed by atoms with E-state index in [0.29, 0.717) is 16.8 Å². The first-order valence-corrected chi connectivity index (χ1v) is 11.3. The second-order valence-corrected chi connectivity index (χ2v) is 9.24. The van der Waals surface area contributed by atoms with Crippen LogP contribution >= 0.6 is 0 Å². The third-order valence-electron chi connectivity index (χ3n) is 5.48. The van der Waals surface area contributed by atoms with E-state index in [9.17, 15) is 14.4 Å². The third-order valence-corrected chi connectivity index (χ3v) is 5.48. The highest BCUT2D eigenvalue weighted by atomic mass is 16.2. The second kappa shape index (κ2) is 10.8. The fourth-order valence-corrected chi connectivity index (χ4v) is 3.44. The molecule has 1 unspecified atom stereocenters. The van der Waals surface area contributed by atoms with Gasteiger partial charge in [-0.05, 0) is 59.9 Å². The average Bonchev–Trinajstić information content (AvgIpc) is 2.82. The maximum absolute atomic E-state index is 12.4. The Hall–Kier alpha value is -3.93. The molecule has 3 N–H and O–H groups in total. The maximum atomic E-state index is 12.4. The van der Waals surface area contributed by atoms with Gasteiger partial charge >= 0.3 is 0 Å². The highest BCUT2D eigenvalue weighted by molar-refractivity contribution is 6.04. The van der Waals surface area contributed by atoms with Crippen LogP contribution in [0.1, 0.15) is 65.6 Å². The van der Waals surface area contributed by atoms with Gasteiger partial charge in [-0.2, -0.15) is 0 Å². The summed E-state index contributed by atoms with van der Waals surface area (Å²) in [6.07, 6.45) is 0. The number of carbonyl (C=O) groups excluding carboxylic acids is 3. The standard InChI is InChI=1S/C28H31N3O3/c1-19(22-11-8-12-24(17-22)31-27(34)20-9-6-5-7-10-20)30-25(32)18-29-26(33)21-13-15-23(16-14-21)28(2,3)4/h5-17,19H,18H2,1-4H3,(H,29,33)(H,30,32)(H,31,34). The predicted molar refractivity (Wildman–Crippen MR) is 135 cm³/mol. The van der Waals surface area contributed by atoms with Crippen LogP contribution in [-0.2, 0) is 10.2 Å². The lowest BCUT2D eigenvalue weighted by Crippen LogP contribution is -2.38. The van der Waals surface area contributed by atoms with Gasteiger partial charge in [-0.25, -0.2) is 0 Å². The zero-order valence-corrected chi connectivity index (χ0v) is 20.0. The normalized spacial score (nSPS) is 11.9. The Morgan fingerprint density at radius 2 is 1.44 bits per heavy atom. The number of nitrogens with one attached hydrogen (secondary N) is 3. The number of hydrogen-bond donors (Lipinski definition) is 3. The molecule has 6 heteroatoms. The molecule has 0 radical (unpaired) electrons. The summed E-state index contributed by atoms with van der Waals surface area (Å²) in [5.41, 5.74) is 3.70. The van der Waals surface area contributed by atoms with Gasteiger partial charge in [-0.3, -0.25) is 14.4 Å². The van der Waals surface area contributed by atoms with Gasteiger partial charge < -0.3 is 16.0 Å². The van der Waals surface area contributed by atoms with E-state index in [1.807, 2.05) is 55.5 Å². The number of rotatable bonds is 7. The Bertz CT molecular complexity index is 1150. The molecule has 3 amide bonds. The van der Waals surface area contributed by atoms with Crippen LogP contribution in [0.15, 0.2) is 78.9 Å². The van der Waals surface area contributed by atoms with E-state index in [-0.39, 0.29) is 35.7 Å². The topological polar surface area (TPSA) is 87.3 Å². The van der Waals surface area contributed by atoms with Crippen LogP contribution in [0.3, 0.4) is 0 Å². The highest BCUT2D eigenvalue weighted by Crippen LogP contribution is 2.22. The highest BCUT2D eigenvalue weighted by Gasteiger charge is 2.16. The minimum absolute atomic E-state index is 0.00664. The van der Waals surface area contributed by atoms with Crippen molar-refractivity contribution in [1.82, 2.24) is 10.6 Å². The van der Waals surface area contributed by atoms with E-state index in [1.54, 1.807) is 30.3 Å². The second-order valence-electron chi connectivity index (χ2n) is 9.24. The molecular weight excluding hydrogens is 426 g/mol. The molecule has 0 aliphatic heterocycles. The van der Waals surface area contributed by atoms with Crippen molar-refractivity contribution in [3.63, 3.8) is 0 Å². The molecule has 0 fully saturated rings. The number of anilines is 1. The Labute approximate surface area is 200 Å². The molecule has 1 atom stereocenters. The largest absolute Gasteiger partial charge is 0.348 e. The SMILES string of the molecule is CC(NC(=O)CNC(=O)c1ccc(C(C)(C)C)cc1)c1cccc(NC(=O)c2ccccc2)c1. The van der Waals surface area contributed by atoms with E-state index in [4.69, 9.17) is 0 Å². The van der Waals surface area contributed by atoms with Gasteiger partial charge in [0.25, 0.3) is 11.8 Å². The summed E-state index contributed by atoms with van der Waals surface area (Å²) in [5, 5.41) is 8.41. The monoisotopic (exact) mass is 457 g/mol. The van der Waals surface area contributed by atoms with Gasteiger partial charge in [0, 0.05) is 16.8 Å². The molecule has 0 heterocycles. The first-order chi connectivity index (χ1) is 16.1. The van der Waals surface area contributed by atoms with Crippen molar-refractivity contribution in [2.24, 2.45) is 0 Å². The van der Waals surface area contributed by atoms with Gasteiger partial charge in [0.15, 0.2) is 0 Å². The molecule has 3 aromatic carbocycles. The molecule has 0 aliphatic rings. The molecule has 6 nitrogen and oxygen atoms in total. The van der Waals surface area contributed by atoms with Crippen molar-refractivity contribution in [2.45, 2.75) is 39.2 Å². The summed E-state index contributed by atoms with van der Waals surface area (Å²) in [5.74, 6) is -0.799. The molecule has 0 saturated carbocycles. The summed E-state index contributed by atoms with van der Waals surface area (Å²) in [4.78, 5) is 37.2. The fourth-order valence-electron chi connectivity index (χ4n) is 3.44. The first kappa shape index (κ1) is 24.7. The minimum atomic E-state index is -0.302. The summed E-state index contributed by atoms with van der Waals surface area (Å²) < 4.78 is 0. The molecule has 0 bridgehead atoms. The minimum Gasteiger partial charge on any atom is -0.348 e. The van der Waals surface area contributed by atoms with Crippen molar-refractivity contribution in [3.05, 3.63) is 101 Å². The van der Waals surface area contributed by atoms with Gasteiger partial charge in [0.1, 0.15) is 0 Å². The Morgan fingerprint density at radius 1 is 0.794 bits per heavy atom. The lowest BCUT2D eigenvalue weighted by atomic mass is 9.87. The summed E-state index contributed by atoms with van der Waals surface area (Å²) in [6.45, 7) is 8.05. The molecule has 0 saturated heterocycles. The van der Waals surface area contributed by atoms with Crippen LogP contribution in [-0.4, -0.2) is 24.3 Å². The number of amides is 3. The number of carbonyl (C=O) groups is 3. The van der Waals surface area contributed by atoms with Crippen LogP contribution in [0.4, 0.5) is 5.69 Å². The van der Waals surface area contributed by atoms with E-state index in [1.165, 1.54) is 0 Å². The van der Waals surface area contributed by atoms with Crippen molar-refractivity contribution in [1.29, 1.82) is 0 Å². The smallest absolute Gasteiger partial charge is 0.255 e. The fraction of sp³-hybridized carbons (Fsp3) is 0.250. The molecule has 3 rings (SSSR count). The van der Waals surface area contributed by atoms with E-state index in [0.717, 1.165) is 11.1 Å². The molecular formula is C28H31N3O3. The zero-order valence-electron chi connectivity index (χ0n) is 20.0. The number of hydrogen-bond acceptors (Lipinski definition) is 3. The van der Waals surface area contributed by atoms with Crippen LogP contribution in [0, 0.1) is 0 Å². The van der Waals surface area contributed by atoms with E-state index < -0.39 is 0 Å². The maximum Gasteiger partial charge on any atom is 0.255 e. The summed E-state index contributed by atoms with van der Waals surface area (Å²) >= 11 is 0. The van der Waals surface area contributed by atoms with Crippen LogP contribution in [0.25, 0.3) is 0 Å². The summed E-state index contributed by atoms with van der Waals surface area (Å²) in [6, 6.07) is 23.4. The van der Waals surface area contributed by atoms with Crippen LogP contribution in [0.5, 0.6) is 0 Å². The first-order valence-electron chi connectivity index (χ1n) is 11.3. The van der Waals surface area contributed by atoms with Crippen LogP contribution < -0.4 is 16.0 Å². The van der Waals surface area contributed by atoms with Crippen molar-refractivity contribution in [3.8, 4) is 0 Å². The number of benzene rings is 3. The predicted octanol–water partition coefficient (Wildman–Crippen LogP) is 4.84. The molecule has 3 aromatic rings. The average molecular weight is 458 g/mol. The molecule has 0 spiro atoms. The Kier molecular flexibility index (Phi) is 7.84. The Balaban J connectivity index is 1.52. The molecule has 0 aliphatic carbocycles. The lowest BCUT2D eigenvalue weighted by Gasteiger charge is -2.19. The third kappa shape index (κ3) is 6.78. The van der Waals surface area contributed by atoms with Crippen LogP contribution in [0.2, 0.25) is 0 Å². The van der Waals surface area contributed by atoms with Crippen molar-refractivity contribution >= 4 is 23.4 Å². The van der Waals surface area contributed by atoms with Crippen molar-refractivity contribution in [2.75, 3.05) is 11.9 Å². The van der Waals surface area contributed by atoms with Gasteiger partial charge in [-0.15, -0.1) is 0 Å². The van der Waals surface area contributed by atoms with Crippen molar-refractivity contribution < 1.29 is 14.4 Å². The van der Waals surface area contributed by atoms with E-state index >= 15 is 0 Å². The lowest BCUT2D eigenvalue weighted by molar-refractivity contribution is -0.120.